The maximum absolute atomic E-state index is 13.0. The normalized spacial score (nSPS) is 30.8. The van der Waals surface area contributed by atoms with Gasteiger partial charge >= 0.3 is 0 Å². The van der Waals surface area contributed by atoms with Crippen LogP contribution in [-0.4, -0.2) is 59.8 Å². The number of hydrogen-bond acceptors (Lipinski definition) is 5. The Labute approximate surface area is 143 Å². The lowest BCUT2D eigenvalue weighted by Gasteiger charge is -2.40. The van der Waals surface area contributed by atoms with Gasteiger partial charge in [0.1, 0.15) is 5.76 Å². The van der Waals surface area contributed by atoms with Crippen molar-refractivity contribution in [3.63, 3.8) is 0 Å². The zero-order chi connectivity index (χ0) is 16.7. The lowest BCUT2D eigenvalue weighted by Crippen LogP contribution is -2.52. The quantitative estimate of drug-likeness (QED) is 0.843. The Bertz CT molecular complexity index is 589. The highest BCUT2D eigenvalue weighted by molar-refractivity contribution is 5.80. The van der Waals surface area contributed by atoms with Crippen LogP contribution >= 0.6 is 0 Å². The third-order valence-electron chi connectivity index (χ3n) is 5.97. The van der Waals surface area contributed by atoms with Crippen molar-refractivity contribution in [3.8, 4) is 0 Å². The Morgan fingerprint density at radius 2 is 2.04 bits per heavy atom. The van der Waals surface area contributed by atoms with Gasteiger partial charge in [-0.3, -0.25) is 9.69 Å². The predicted molar refractivity (Wildman–Crippen MR) is 88.4 cm³/mol. The van der Waals surface area contributed by atoms with Crippen molar-refractivity contribution in [2.75, 3.05) is 32.8 Å². The Balaban J connectivity index is 1.51. The molecule has 24 heavy (non-hydrogen) atoms. The number of carbonyl (C=O) groups excluding carboxylic acids is 1. The topological polar surface area (TPSA) is 58.8 Å². The molecule has 1 aromatic heterocycles. The van der Waals surface area contributed by atoms with Crippen molar-refractivity contribution in [3.05, 3.63) is 17.0 Å². The first kappa shape index (κ1) is 16.1. The highest BCUT2D eigenvalue weighted by Gasteiger charge is 2.45. The van der Waals surface area contributed by atoms with Gasteiger partial charge in [0.25, 0.3) is 0 Å². The number of piperidine rings is 1. The van der Waals surface area contributed by atoms with Gasteiger partial charge in [-0.15, -0.1) is 0 Å². The number of nitrogens with zero attached hydrogens (tertiary/aromatic N) is 3. The van der Waals surface area contributed by atoms with Crippen LogP contribution in [0.4, 0.5) is 0 Å². The summed E-state index contributed by atoms with van der Waals surface area (Å²) in [5.41, 5.74) is 2.10. The molecule has 3 aliphatic heterocycles. The van der Waals surface area contributed by atoms with E-state index in [1.54, 1.807) is 0 Å². The molecule has 1 amide bonds. The lowest BCUT2D eigenvalue weighted by atomic mass is 9.81. The van der Waals surface area contributed by atoms with Crippen LogP contribution in [-0.2, 0) is 16.1 Å². The van der Waals surface area contributed by atoms with Gasteiger partial charge in [-0.25, -0.2) is 0 Å². The number of amides is 1. The van der Waals surface area contributed by atoms with Gasteiger partial charge in [-0.05, 0) is 33.1 Å². The molecule has 0 unspecified atom stereocenters. The molecule has 132 valence electrons. The molecule has 3 atom stereocenters. The van der Waals surface area contributed by atoms with Crippen LogP contribution in [0.2, 0.25) is 0 Å². The average molecular weight is 333 g/mol. The van der Waals surface area contributed by atoms with Gasteiger partial charge in [0.2, 0.25) is 5.91 Å². The molecule has 3 fully saturated rings. The van der Waals surface area contributed by atoms with Crippen LogP contribution in [0.15, 0.2) is 4.52 Å². The molecule has 0 radical (unpaired) electrons. The minimum Gasteiger partial charge on any atom is -0.377 e. The summed E-state index contributed by atoms with van der Waals surface area (Å²) in [6, 6.07) is 0. The third kappa shape index (κ3) is 2.86. The van der Waals surface area contributed by atoms with Gasteiger partial charge in [-0.1, -0.05) is 5.16 Å². The predicted octanol–water partition coefficient (Wildman–Crippen LogP) is 1.75. The molecule has 4 heterocycles. The van der Waals surface area contributed by atoms with Crippen LogP contribution in [0.25, 0.3) is 0 Å². The second kappa shape index (κ2) is 6.48. The SMILES string of the molecule is Cc1noc(C)c1CN1C[C@H](C(=O)N2CCCC2)[C@@H]2CCO[C@@H]2C1. The molecule has 0 N–H and O–H groups in total. The fourth-order valence-corrected chi connectivity index (χ4v) is 4.57. The summed E-state index contributed by atoms with van der Waals surface area (Å²) in [4.78, 5) is 17.5. The minimum atomic E-state index is 0.0739. The minimum absolute atomic E-state index is 0.0739. The molecule has 1 aromatic rings. The van der Waals surface area contributed by atoms with Gasteiger partial charge in [0.15, 0.2) is 0 Å². The molecule has 0 bridgehead atoms. The molecule has 0 aliphatic carbocycles. The first-order valence-electron chi connectivity index (χ1n) is 9.18. The Hall–Kier alpha value is -1.40. The number of fused-ring (bicyclic) bond motifs is 1. The van der Waals surface area contributed by atoms with E-state index < -0.39 is 0 Å². The summed E-state index contributed by atoms with van der Waals surface area (Å²) in [5.74, 6) is 1.68. The monoisotopic (exact) mass is 333 g/mol. The van der Waals surface area contributed by atoms with Crippen molar-refractivity contribution in [1.82, 2.24) is 15.0 Å². The first-order chi connectivity index (χ1) is 11.6. The molecular formula is C18H27N3O3. The molecule has 3 aliphatic rings. The smallest absolute Gasteiger partial charge is 0.227 e. The Morgan fingerprint density at radius 3 is 2.75 bits per heavy atom. The van der Waals surface area contributed by atoms with Gasteiger partial charge < -0.3 is 14.2 Å². The van der Waals surface area contributed by atoms with E-state index in [0.717, 1.165) is 75.6 Å². The molecule has 6 heteroatoms. The highest BCUT2D eigenvalue weighted by Crippen LogP contribution is 2.36. The molecule has 0 saturated carbocycles. The zero-order valence-electron chi connectivity index (χ0n) is 14.7. The summed E-state index contributed by atoms with van der Waals surface area (Å²) in [6.45, 7) is 9.10. The van der Waals surface area contributed by atoms with E-state index >= 15 is 0 Å². The number of rotatable bonds is 3. The van der Waals surface area contributed by atoms with Crippen LogP contribution in [0, 0.1) is 25.7 Å². The molecular weight excluding hydrogens is 306 g/mol. The van der Waals surface area contributed by atoms with E-state index in [-0.39, 0.29) is 12.0 Å². The molecule has 4 rings (SSSR count). The number of carbonyl (C=O) groups is 1. The summed E-state index contributed by atoms with van der Waals surface area (Å²) in [5, 5.41) is 4.06. The summed E-state index contributed by atoms with van der Waals surface area (Å²) >= 11 is 0. The maximum atomic E-state index is 13.0. The van der Waals surface area contributed by atoms with E-state index in [9.17, 15) is 4.79 Å². The standard InChI is InChI=1S/C18H27N3O3/c1-12-15(13(2)24-19-12)9-20-10-16(14-5-8-23-17(14)11-20)18(22)21-6-3-4-7-21/h14,16-17H,3-11H2,1-2H3/t14-,16-,17+/m0/s1. The third-order valence-corrected chi connectivity index (χ3v) is 5.97. The van der Waals surface area contributed by atoms with E-state index in [1.165, 1.54) is 0 Å². The zero-order valence-corrected chi connectivity index (χ0v) is 14.7. The van der Waals surface area contributed by atoms with Crippen molar-refractivity contribution in [1.29, 1.82) is 0 Å². The molecule has 0 spiro atoms. The van der Waals surface area contributed by atoms with E-state index in [4.69, 9.17) is 9.26 Å². The van der Waals surface area contributed by atoms with Crippen molar-refractivity contribution in [2.45, 2.75) is 45.8 Å². The number of hydrogen-bond donors (Lipinski definition) is 0. The van der Waals surface area contributed by atoms with E-state index in [0.29, 0.717) is 11.8 Å². The van der Waals surface area contributed by atoms with Crippen molar-refractivity contribution >= 4 is 5.91 Å². The van der Waals surface area contributed by atoms with Gasteiger partial charge in [0.05, 0.1) is 17.7 Å². The number of ether oxygens (including phenoxy) is 1. The second-order valence-electron chi connectivity index (χ2n) is 7.50. The highest BCUT2D eigenvalue weighted by atomic mass is 16.5. The fourth-order valence-electron chi connectivity index (χ4n) is 4.57. The van der Waals surface area contributed by atoms with Crippen LogP contribution in [0.5, 0.6) is 0 Å². The first-order valence-corrected chi connectivity index (χ1v) is 9.18. The summed E-state index contributed by atoms with van der Waals surface area (Å²) in [6.07, 6.45) is 3.50. The molecule has 6 nitrogen and oxygen atoms in total. The Morgan fingerprint density at radius 1 is 1.25 bits per heavy atom. The maximum Gasteiger partial charge on any atom is 0.227 e. The van der Waals surface area contributed by atoms with Gasteiger partial charge in [0, 0.05) is 50.8 Å². The van der Waals surface area contributed by atoms with Crippen molar-refractivity contribution < 1.29 is 14.1 Å². The van der Waals surface area contributed by atoms with Crippen molar-refractivity contribution in [2.24, 2.45) is 11.8 Å². The number of aromatic nitrogens is 1. The van der Waals surface area contributed by atoms with Crippen LogP contribution in [0.3, 0.4) is 0 Å². The van der Waals surface area contributed by atoms with E-state index in [2.05, 4.69) is 15.0 Å². The summed E-state index contributed by atoms with van der Waals surface area (Å²) in [7, 11) is 0. The average Bonchev–Trinajstić information content (AvgIpc) is 3.31. The van der Waals surface area contributed by atoms with Gasteiger partial charge in [-0.2, -0.15) is 0 Å². The number of aryl methyl sites for hydroxylation is 2. The second-order valence-corrected chi connectivity index (χ2v) is 7.50. The summed E-state index contributed by atoms with van der Waals surface area (Å²) < 4.78 is 11.3. The van der Waals surface area contributed by atoms with Crippen LogP contribution < -0.4 is 0 Å². The molecule has 3 saturated heterocycles. The number of likely N-dealkylation sites (tertiary alicyclic amines) is 2. The van der Waals surface area contributed by atoms with Crippen LogP contribution in [0.1, 0.15) is 36.3 Å². The fraction of sp³-hybridized carbons (Fsp3) is 0.778. The lowest BCUT2D eigenvalue weighted by molar-refractivity contribution is -0.140. The van der Waals surface area contributed by atoms with E-state index in [1.807, 2.05) is 13.8 Å². The largest absolute Gasteiger partial charge is 0.377 e. The molecule has 0 aromatic carbocycles. The Kier molecular flexibility index (Phi) is 4.35.